The SMILES string of the molecule is Cc1cc(C(C=N)=C(N)c2cccc(OCc3ccccc3CN)c2)cc(C)n1. The van der Waals surface area contributed by atoms with Crippen molar-refractivity contribution in [3.63, 3.8) is 0 Å². The fourth-order valence-corrected chi connectivity index (χ4v) is 3.27. The minimum absolute atomic E-state index is 0.431. The summed E-state index contributed by atoms with van der Waals surface area (Å²) in [7, 11) is 0. The topological polar surface area (TPSA) is 98.0 Å². The Hall–Kier alpha value is -3.44. The Morgan fingerprint density at radius 3 is 2.31 bits per heavy atom. The molecule has 0 saturated heterocycles. The van der Waals surface area contributed by atoms with Crippen molar-refractivity contribution >= 4 is 17.5 Å². The minimum Gasteiger partial charge on any atom is -0.489 e. The number of nitrogens with two attached hydrogens (primary N) is 2. The van der Waals surface area contributed by atoms with Crippen LogP contribution in [-0.4, -0.2) is 11.2 Å². The van der Waals surface area contributed by atoms with Gasteiger partial charge in [-0.1, -0.05) is 36.4 Å². The van der Waals surface area contributed by atoms with E-state index in [2.05, 4.69) is 4.98 Å². The van der Waals surface area contributed by atoms with E-state index < -0.39 is 0 Å². The molecule has 148 valence electrons. The number of allylic oxidation sites excluding steroid dienone is 1. The van der Waals surface area contributed by atoms with E-state index in [0.717, 1.165) is 33.6 Å². The van der Waals surface area contributed by atoms with E-state index in [-0.39, 0.29) is 0 Å². The Labute approximate surface area is 171 Å². The van der Waals surface area contributed by atoms with Gasteiger partial charge < -0.3 is 21.6 Å². The van der Waals surface area contributed by atoms with E-state index in [0.29, 0.717) is 30.2 Å². The molecule has 3 aromatic rings. The molecule has 1 heterocycles. The standard InChI is InChI=1S/C24H26N4O/c1-16-10-21(11-17(2)28-16)23(14-26)24(27)18-8-5-9-22(12-18)29-15-20-7-4-3-6-19(20)13-25/h3-12,14,26H,13,15,25,27H2,1-2H3. The average molecular weight is 386 g/mol. The number of hydrogen-bond acceptors (Lipinski definition) is 5. The van der Waals surface area contributed by atoms with Gasteiger partial charge in [0.15, 0.2) is 0 Å². The van der Waals surface area contributed by atoms with E-state index in [9.17, 15) is 0 Å². The maximum atomic E-state index is 7.88. The van der Waals surface area contributed by atoms with Crippen LogP contribution >= 0.6 is 0 Å². The Morgan fingerprint density at radius 1 is 0.966 bits per heavy atom. The van der Waals surface area contributed by atoms with Gasteiger partial charge in [0, 0.05) is 41.0 Å². The molecule has 0 aliphatic heterocycles. The second kappa shape index (κ2) is 9.17. The molecule has 1 aromatic heterocycles. The molecule has 2 aromatic carbocycles. The molecule has 5 heteroatoms. The summed E-state index contributed by atoms with van der Waals surface area (Å²) >= 11 is 0. The van der Waals surface area contributed by atoms with Crippen molar-refractivity contribution in [3.8, 4) is 5.75 Å². The molecule has 0 bridgehead atoms. The Balaban J connectivity index is 1.89. The molecular formula is C24H26N4O. The number of aromatic nitrogens is 1. The Bertz CT molecular complexity index is 1040. The van der Waals surface area contributed by atoms with Crippen molar-refractivity contribution in [2.45, 2.75) is 27.0 Å². The van der Waals surface area contributed by atoms with Crippen LogP contribution in [0.2, 0.25) is 0 Å². The van der Waals surface area contributed by atoms with Crippen LogP contribution in [0.3, 0.4) is 0 Å². The van der Waals surface area contributed by atoms with E-state index in [4.69, 9.17) is 21.6 Å². The van der Waals surface area contributed by atoms with Crippen LogP contribution in [0.5, 0.6) is 5.75 Å². The first kappa shape index (κ1) is 20.3. The minimum atomic E-state index is 0.431. The largest absolute Gasteiger partial charge is 0.489 e. The van der Waals surface area contributed by atoms with Gasteiger partial charge in [-0.05, 0) is 54.8 Å². The summed E-state index contributed by atoms with van der Waals surface area (Å²) in [6, 6.07) is 19.4. The number of benzene rings is 2. The molecular weight excluding hydrogens is 360 g/mol. The summed E-state index contributed by atoms with van der Waals surface area (Å²) in [5.74, 6) is 0.712. The number of nitrogens with one attached hydrogen (secondary N) is 1. The molecule has 5 N–H and O–H groups in total. The fourth-order valence-electron chi connectivity index (χ4n) is 3.27. The maximum Gasteiger partial charge on any atom is 0.120 e. The van der Waals surface area contributed by atoms with E-state index >= 15 is 0 Å². The lowest BCUT2D eigenvalue weighted by molar-refractivity contribution is 0.305. The van der Waals surface area contributed by atoms with Crippen LogP contribution in [0, 0.1) is 19.3 Å². The zero-order chi connectivity index (χ0) is 20.8. The molecule has 29 heavy (non-hydrogen) atoms. The predicted molar refractivity (Wildman–Crippen MR) is 119 cm³/mol. The molecule has 0 fully saturated rings. The number of nitrogens with zero attached hydrogens (tertiary/aromatic N) is 1. The van der Waals surface area contributed by atoms with Crippen molar-refractivity contribution in [3.05, 3.63) is 94.3 Å². The van der Waals surface area contributed by atoms with Gasteiger partial charge in [-0.3, -0.25) is 4.98 Å². The molecule has 0 unspecified atom stereocenters. The summed E-state index contributed by atoms with van der Waals surface area (Å²) in [5, 5.41) is 7.88. The number of ether oxygens (including phenoxy) is 1. The van der Waals surface area contributed by atoms with E-state index in [1.54, 1.807) is 0 Å². The third-order valence-corrected chi connectivity index (χ3v) is 4.70. The number of hydrogen-bond donors (Lipinski definition) is 3. The van der Waals surface area contributed by atoms with Crippen LogP contribution < -0.4 is 16.2 Å². The first-order valence-corrected chi connectivity index (χ1v) is 9.47. The average Bonchev–Trinajstić information content (AvgIpc) is 2.72. The molecule has 0 aliphatic carbocycles. The highest BCUT2D eigenvalue weighted by molar-refractivity contribution is 6.17. The van der Waals surface area contributed by atoms with Gasteiger partial charge in [-0.2, -0.15) is 0 Å². The van der Waals surface area contributed by atoms with Gasteiger partial charge >= 0.3 is 0 Å². The van der Waals surface area contributed by atoms with Crippen LogP contribution in [0.15, 0.2) is 60.7 Å². The Morgan fingerprint density at radius 2 is 1.66 bits per heavy atom. The Kier molecular flexibility index (Phi) is 6.42. The molecule has 3 rings (SSSR count). The quantitative estimate of drug-likeness (QED) is 0.530. The van der Waals surface area contributed by atoms with Gasteiger partial charge in [-0.25, -0.2) is 0 Å². The van der Waals surface area contributed by atoms with Gasteiger partial charge in [-0.15, -0.1) is 0 Å². The summed E-state index contributed by atoms with van der Waals surface area (Å²) in [4.78, 5) is 4.40. The molecule has 5 nitrogen and oxygen atoms in total. The van der Waals surface area contributed by atoms with Gasteiger partial charge in [0.1, 0.15) is 12.4 Å². The van der Waals surface area contributed by atoms with Crippen LogP contribution in [-0.2, 0) is 13.2 Å². The normalized spacial score (nSPS) is 11.7. The summed E-state index contributed by atoms with van der Waals surface area (Å²) < 4.78 is 5.98. The van der Waals surface area contributed by atoms with Crippen molar-refractivity contribution in [2.24, 2.45) is 11.5 Å². The van der Waals surface area contributed by atoms with Crippen molar-refractivity contribution in [2.75, 3.05) is 0 Å². The highest BCUT2D eigenvalue weighted by Crippen LogP contribution is 2.25. The molecule has 0 spiro atoms. The molecule has 0 saturated carbocycles. The lowest BCUT2D eigenvalue weighted by Gasteiger charge is -2.13. The van der Waals surface area contributed by atoms with E-state index in [1.807, 2.05) is 74.5 Å². The second-order valence-electron chi connectivity index (χ2n) is 6.90. The van der Waals surface area contributed by atoms with Crippen molar-refractivity contribution < 1.29 is 4.74 Å². The van der Waals surface area contributed by atoms with Crippen molar-refractivity contribution in [1.82, 2.24) is 4.98 Å². The predicted octanol–water partition coefficient (Wildman–Crippen LogP) is 4.21. The first-order valence-electron chi connectivity index (χ1n) is 9.47. The zero-order valence-electron chi connectivity index (χ0n) is 16.8. The highest BCUT2D eigenvalue weighted by Gasteiger charge is 2.10. The zero-order valence-corrected chi connectivity index (χ0v) is 16.8. The highest BCUT2D eigenvalue weighted by atomic mass is 16.5. The third kappa shape index (κ3) is 4.89. The smallest absolute Gasteiger partial charge is 0.120 e. The van der Waals surface area contributed by atoms with Crippen LogP contribution in [0.25, 0.3) is 11.3 Å². The van der Waals surface area contributed by atoms with Crippen LogP contribution in [0.1, 0.15) is 33.6 Å². The summed E-state index contributed by atoms with van der Waals surface area (Å²) in [6.07, 6.45) is 1.29. The first-order chi connectivity index (χ1) is 14.0. The number of aryl methyl sites for hydroxylation is 2. The summed E-state index contributed by atoms with van der Waals surface area (Å²) in [6.45, 7) is 4.77. The second-order valence-corrected chi connectivity index (χ2v) is 6.90. The maximum absolute atomic E-state index is 7.88. The number of pyridine rings is 1. The molecule has 0 radical (unpaired) electrons. The molecule has 0 aliphatic rings. The van der Waals surface area contributed by atoms with Crippen LogP contribution in [0.4, 0.5) is 0 Å². The molecule has 0 atom stereocenters. The lowest BCUT2D eigenvalue weighted by Crippen LogP contribution is -2.06. The lowest BCUT2D eigenvalue weighted by atomic mass is 10.00. The van der Waals surface area contributed by atoms with E-state index in [1.165, 1.54) is 6.21 Å². The van der Waals surface area contributed by atoms with Gasteiger partial charge in [0.25, 0.3) is 0 Å². The third-order valence-electron chi connectivity index (χ3n) is 4.70. The summed E-state index contributed by atoms with van der Waals surface area (Å²) in [5.41, 5.74) is 19.0. The monoisotopic (exact) mass is 386 g/mol. The van der Waals surface area contributed by atoms with Gasteiger partial charge in [0.05, 0.1) is 0 Å². The molecule has 0 amide bonds. The fraction of sp³-hybridized carbons (Fsp3) is 0.167. The van der Waals surface area contributed by atoms with Crippen molar-refractivity contribution in [1.29, 1.82) is 5.41 Å². The van der Waals surface area contributed by atoms with Gasteiger partial charge in [0.2, 0.25) is 0 Å². The number of rotatable bonds is 7.